The van der Waals surface area contributed by atoms with Crippen molar-refractivity contribution in [1.29, 1.82) is 0 Å². The molecule has 4 heterocycles. The van der Waals surface area contributed by atoms with Crippen molar-refractivity contribution in [3.8, 4) is 0 Å². The van der Waals surface area contributed by atoms with E-state index in [1.54, 1.807) is 28.3 Å². The van der Waals surface area contributed by atoms with Gasteiger partial charge in [-0.1, -0.05) is 0 Å². The number of carbonyl (C=O) groups excluding carboxylic acids is 2. The minimum absolute atomic E-state index is 0.0438. The first-order chi connectivity index (χ1) is 10.7. The van der Waals surface area contributed by atoms with Crippen LogP contribution >= 0.6 is 0 Å². The Kier molecular flexibility index (Phi) is 2.92. The van der Waals surface area contributed by atoms with E-state index in [0.29, 0.717) is 25.2 Å². The molecule has 0 bridgehead atoms. The van der Waals surface area contributed by atoms with E-state index in [1.807, 2.05) is 0 Å². The second-order valence-corrected chi connectivity index (χ2v) is 5.63. The molecule has 0 aliphatic carbocycles. The summed E-state index contributed by atoms with van der Waals surface area (Å²) < 4.78 is 4.95. The maximum atomic E-state index is 12.6. The molecule has 4 rings (SSSR count). The fourth-order valence-electron chi connectivity index (χ4n) is 3.26. The van der Waals surface area contributed by atoms with Crippen LogP contribution in [0.2, 0.25) is 0 Å². The maximum Gasteiger partial charge on any atom is 0.257 e. The van der Waals surface area contributed by atoms with Crippen LogP contribution in [-0.4, -0.2) is 46.3 Å². The van der Waals surface area contributed by atoms with Gasteiger partial charge in [0.2, 0.25) is 5.91 Å². The van der Waals surface area contributed by atoms with E-state index in [-0.39, 0.29) is 23.7 Å². The summed E-state index contributed by atoms with van der Waals surface area (Å²) in [4.78, 5) is 36.2. The summed E-state index contributed by atoms with van der Waals surface area (Å²) >= 11 is 0. The highest BCUT2D eigenvalue weighted by atomic mass is 16.3. The lowest BCUT2D eigenvalue weighted by molar-refractivity contribution is -0.120. The van der Waals surface area contributed by atoms with Crippen LogP contribution in [0.25, 0.3) is 0 Å². The number of fused-ring (bicyclic) bond motifs is 1. The third-order valence-corrected chi connectivity index (χ3v) is 4.36. The van der Waals surface area contributed by atoms with Crippen LogP contribution in [0, 0.1) is 11.8 Å². The molecule has 0 spiro atoms. The number of anilines is 1. The van der Waals surface area contributed by atoms with E-state index in [9.17, 15) is 9.59 Å². The zero-order chi connectivity index (χ0) is 15.1. The minimum Gasteiger partial charge on any atom is -0.472 e. The van der Waals surface area contributed by atoms with Crippen LogP contribution < -0.4 is 4.90 Å². The van der Waals surface area contributed by atoms with E-state index >= 15 is 0 Å². The lowest BCUT2D eigenvalue weighted by Crippen LogP contribution is -2.35. The van der Waals surface area contributed by atoms with Crippen molar-refractivity contribution < 1.29 is 14.0 Å². The lowest BCUT2D eigenvalue weighted by Gasteiger charge is -2.21. The summed E-state index contributed by atoms with van der Waals surface area (Å²) in [5, 5.41) is 0. The number of carbonyl (C=O) groups is 2. The SMILES string of the molecule is O=C(c1ccoc1)N1C[C@@H]2CN(c3cncnc3)C(=O)[C@@H]2C1. The molecule has 112 valence electrons. The number of hydrogen-bond donors (Lipinski definition) is 0. The third-order valence-electron chi connectivity index (χ3n) is 4.36. The average Bonchev–Trinajstić information content (AvgIpc) is 3.25. The van der Waals surface area contributed by atoms with Crippen LogP contribution in [0.5, 0.6) is 0 Å². The first-order valence-corrected chi connectivity index (χ1v) is 7.12. The van der Waals surface area contributed by atoms with Gasteiger partial charge < -0.3 is 14.2 Å². The average molecular weight is 298 g/mol. The Morgan fingerprint density at radius 1 is 1.23 bits per heavy atom. The van der Waals surface area contributed by atoms with Crippen molar-refractivity contribution in [2.45, 2.75) is 0 Å². The molecule has 2 aromatic heterocycles. The molecule has 2 aliphatic rings. The van der Waals surface area contributed by atoms with Crippen LogP contribution in [0.15, 0.2) is 41.7 Å². The van der Waals surface area contributed by atoms with Gasteiger partial charge in [0.15, 0.2) is 0 Å². The number of amides is 2. The van der Waals surface area contributed by atoms with Gasteiger partial charge in [-0.2, -0.15) is 0 Å². The maximum absolute atomic E-state index is 12.6. The van der Waals surface area contributed by atoms with Gasteiger partial charge in [-0.05, 0) is 6.07 Å². The fourth-order valence-corrected chi connectivity index (χ4v) is 3.26. The van der Waals surface area contributed by atoms with Gasteiger partial charge in [-0.25, -0.2) is 9.97 Å². The van der Waals surface area contributed by atoms with Crippen molar-refractivity contribution in [1.82, 2.24) is 14.9 Å². The van der Waals surface area contributed by atoms with Gasteiger partial charge in [-0.3, -0.25) is 9.59 Å². The second kappa shape index (κ2) is 4.94. The molecule has 0 radical (unpaired) electrons. The molecule has 22 heavy (non-hydrogen) atoms. The topological polar surface area (TPSA) is 79.5 Å². The van der Waals surface area contributed by atoms with Gasteiger partial charge in [0.25, 0.3) is 5.91 Å². The summed E-state index contributed by atoms with van der Waals surface area (Å²) in [6.07, 6.45) is 7.63. The fraction of sp³-hybridized carbons (Fsp3) is 0.333. The van der Waals surface area contributed by atoms with E-state index in [2.05, 4.69) is 9.97 Å². The zero-order valence-electron chi connectivity index (χ0n) is 11.8. The standard InChI is InChI=1S/C15H14N4O3/c20-14(10-1-2-22-8-10)18-5-11-6-19(15(21)13(11)7-18)12-3-16-9-17-4-12/h1-4,8-9,11,13H,5-7H2/t11-,13-/m1/s1. The second-order valence-electron chi connectivity index (χ2n) is 5.63. The molecule has 2 aliphatic heterocycles. The third kappa shape index (κ3) is 1.97. The highest BCUT2D eigenvalue weighted by molar-refractivity contribution is 5.99. The number of hydrogen-bond acceptors (Lipinski definition) is 5. The zero-order valence-corrected chi connectivity index (χ0v) is 11.8. The van der Waals surface area contributed by atoms with E-state index < -0.39 is 0 Å². The van der Waals surface area contributed by atoms with Crippen molar-refractivity contribution in [2.24, 2.45) is 11.8 Å². The molecule has 0 saturated carbocycles. The van der Waals surface area contributed by atoms with Crippen LogP contribution in [0.4, 0.5) is 5.69 Å². The Balaban J connectivity index is 1.50. The molecule has 2 atom stereocenters. The number of nitrogens with zero attached hydrogens (tertiary/aromatic N) is 4. The van der Waals surface area contributed by atoms with E-state index in [4.69, 9.17) is 4.42 Å². The van der Waals surface area contributed by atoms with Crippen LogP contribution in [0.1, 0.15) is 10.4 Å². The smallest absolute Gasteiger partial charge is 0.257 e. The minimum atomic E-state index is -0.143. The summed E-state index contributed by atoms with van der Waals surface area (Å²) in [6.45, 7) is 1.65. The van der Waals surface area contributed by atoms with Crippen LogP contribution in [-0.2, 0) is 4.79 Å². The molecule has 0 aromatic carbocycles. The Morgan fingerprint density at radius 3 is 2.73 bits per heavy atom. The Morgan fingerprint density at radius 2 is 2.05 bits per heavy atom. The Hall–Kier alpha value is -2.70. The normalized spacial score (nSPS) is 23.9. The Labute approximate surface area is 126 Å². The molecular formula is C15H14N4O3. The summed E-state index contributed by atoms with van der Waals surface area (Å²) in [6, 6.07) is 1.64. The number of furan rings is 1. The molecule has 2 aromatic rings. The molecule has 0 N–H and O–H groups in total. The van der Waals surface area contributed by atoms with E-state index in [0.717, 1.165) is 5.69 Å². The van der Waals surface area contributed by atoms with E-state index in [1.165, 1.54) is 18.9 Å². The van der Waals surface area contributed by atoms with Crippen molar-refractivity contribution in [3.63, 3.8) is 0 Å². The van der Waals surface area contributed by atoms with Gasteiger partial charge in [0.05, 0.1) is 35.8 Å². The first kappa shape index (κ1) is 13.0. The van der Waals surface area contributed by atoms with Gasteiger partial charge in [-0.15, -0.1) is 0 Å². The molecular weight excluding hydrogens is 284 g/mol. The van der Waals surface area contributed by atoms with Crippen molar-refractivity contribution in [3.05, 3.63) is 42.9 Å². The highest BCUT2D eigenvalue weighted by Crippen LogP contribution is 2.35. The Bertz CT molecular complexity index is 701. The number of aromatic nitrogens is 2. The van der Waals surface area contributed by atoms with Gasteiger partial charge in [0.1, 0.15) is 12.6 Å². The predicted octanol–water partition coefficient (Wildman–Crippen LogP) is 0.805. The first-order valence-electron chi connectivity index (χ1n) is 7.12. The molecule has 0 unspecified atom stereocenters. The number of likely N-dealkylation sites (tertiary alicyclic amines) is 1. The quantitative estimate of drug-likeness (QED) is 0.819. The monoisotopic (exact) mass is 298 g/mol. The molecule has 7 nitrogen and oxygen atoms in total. The largest absolute Gasteiger partial charge is 0.472 e. The molecule has 2 fully saturated rings. The predicted molar refractivity (Wildman–Crippen MR) is 76.0 cm³/mol. The summed E-state index contributed by atoms with van der Waals surface area (Å²) in [7, 11) is 0. The molecule has 7 heteroatoms. The number of rotatable bonds is 2. The van der Waals surface area contributed by atoms with Gasteiger partial charge in [0, 0.05) is 25.6 Å². The van der Waals surface area contributed by atoms with Gasteiger partial charge >= 0.3 is 0 Å². The lowest BCUT2D eigenvalue weighted by atomic mass is 10.0. The summed E-state index contributed by atoms with van der Waals surface area (Å²) in [5.41, 5.74) is 1.25. The van der Waals surface area contributed by atoms with Crippen molar-refractivity contribution in [2.75, 3.05) is 24.5 Å². The highest BCUT2D eigenvalue weighted by Gasteiger charge is 2.48. The summed E-state index contributed by atoms with van der Waals surface area (Å²) in [5.74, 6) is -0.0209. The molecule has 2 amide bonds. The van der Waals surface area contributed by atoms with Crippen molar-refractivity contribution >= 4 is 17.5 Å². The van der Waals surface area contributed by atoms with Crippen LogP contribution in [0.3, 0.4) is 0 Å². The molecule has 2 saturated heterocycles.